The number of hydrogen-bond donors (Lipinski definition) is 2. The number of halogens is 1. The topological polar surface area (TPSA) is 50.9 Å². The minimum absolute atomic E-state index is 0.159. The Hall–Kier alpha value is -2.10. The molecule has 2 aromatic rings. The number of benzene rings is 1. The number of nitrogens with one attached hydrogen (secondary N) is 1. The normalized spacial score (nSPS) is 10.5. The maximum Gasteiger partial charge on any atom is 0.129 e. The van der Waals surface area contributed by atoms with Crippen LogP contribution in [0.5, 0.6) is 0 Å². The molecule has 19 heavy (non-hydrogen) atoms. The van der Waals surface area contributed by atoms with E-state index in [4.69, 9.17) is 5.73 Å². The van der Waals surface area contributed by atoms with E-state index in [1.54, 1.807) is 13.1 Å². The maximum atomic E-state index is 13.1. The predicted molar refractivity (Wildman–Crippen MR) is 76.7 cm³/mol. The van der Waals surface area contributed by atoms with E-state index in [2.05, 4.69) is 10.3 Å². The molecule has 0 aliphatic carbocycles. The summed E-state index contributed by atoms with van der Waals surface area (Å²) in [5.74, 6) is 0.681. The van der Waals surface area contributed by atoms with E-state index in [-0.39, 0.29) is 5.82 Å². The molecule has 0 fully saturated rings. The Morgan fingerprint density at radius 2 is 2.00 bits per heavy atom. The van der Waals surface area contributed by atoms with Crippen molar-refractivity contribution in [2.45, 2.75) is 20.3 Å². The first-order chi connectivity index (χ1) is 9.06. The summed E-state index contributed by atoms with van der Waals surface area (Å²) in [5.41, 5.74) is 9.13. The van der Waals surface area contributed by atoms with Gasteiger partial charge in [-0.25, -0.2) is 9.37 Å². The molecule has 0 spiro atoms. The Labute approximate surface area is 112 Å². The number of nitrogen functional groups attached to an aromatic ring is 1. The van der Waals surface area contributed by atoms with Gasteiger partial charge in [0.1, 0.15) is 11.6 Å². The van der Waals surface area contributed by atoms with E-state index in [0.717, 1.165) is 29.9 Å². The summed E-state index contributed by atoms with van der Waals surface area (Å²) >= 11 is 0. The van der Waals surface area contributed by atoms with Crippen LogP contribution in [0.1, 0.15) is 16.7 Å². The summed E-state index contributed by atoms with van der Waals surface area (Å²) in [4.78, 5) is 4.24. The lowest BCUT2D eigenvalue weighted by Gasteiger charge is -2.09. The second kappa shape index (κ2) is 5.69. The molecule has 3 nitrogen and oxygen atoms in total. The predicted octanol–water partition coefficient (Wildman–Crippen LogP) is 3.07. The van der Waals surface area contributed by atoms with Crippen LogP contribution in [0.4, 0.5) is 15.9 Å². The highest BCUT2D eigenvalue weighted by molar-refractivity contribution is 5.50. The number of nitrogens with zero attached hydrogens (tertiary/aromatic N) is 1. The third kappa shape index (κ3) is 3.44. The summed E-state index contributed by atoms with van der Waals surface area (Å²) < 4.78 is 13.1. The Kier molecular flexibility index (Phi) is 4.00. The van der Waals surface area contributed by atoms with Crippen molar-refractivity contribution < 1.29 is 4.39 Å². The largest absolute Gasteiger partial charge is 0.397 e. The van der Waals surface area contributed by atoms with Crippen LogP contribution in [0, 0.1) is 19.7 Å². The molecule has 1 aromatic carbocycles. The average Bonchev–Trinajstić information content (AvgIpc) is 2.36. The zero-order chi connectivity index (χ0) is 13.8. The van der Waals surface area contributed by atoms with Gasteiger partial charge >= 0.3 is 0 Å². The fourth-order valence-corrected chi connectivity index (χ4v) is 1.97. The molecule has 0 saturated heterocycles. The van der Waals surface area contributed by atoms with Gasteiger partial charge in [0.2, 0.25) is 0 Å². The average molecular weight is 259 g/mol. The van der Waals surface area contributed by atoms with Crippen LogP contribution in [0.15, 0.2) is 30.5 Å². The molecular formula is C15H18FN3. The van der Waals surface area contributed by atoms with Gasteiger partial charge in [-0.3, -0.25) is 0 Å². The van der Waals surface area contributed by atoms with E-state index in [9.17, 15) is 4.39 Å². The van der Waals surface area contributed by atoms with Crippen molar-refractivity contribution in [2.24, 2.45) is 0 Å². The Morgan fingerprint density at radius 3 is 2.68 bits per heavy atom. The van der Waals surface area contributed by atoms with E-state index in [1.807, 2.05) is 25.1 Å². The zero-order valence-corrected chi connectivity index (χ0v) is 11.2. The lowest BCUT2D eigenvalue weighted by atomic mass is 10.1. The third-order valence-corrected chi connectivity index (χ3v) is 3.03. The molecule has 0 amide bonds. The summed E-state index contributed by atoms with van der Waals surface area (Å²) in [6.07, 6.45) is 2.46. The van der Waals surface area contributed by atoms with E-state index in [0.29, 0.717) is 11.3 Å². The van der Waals surface area contributed by atoms with Gasteiger partial charge in [0.05, 0.1) is 11.9 Å². The van der Waals surface area contributed by atoms with Crippen molar-refractivity contribution in [1.29, 1.82) is 0 Å². The SMILES string of the molecule is Cc1cc(CCNc2ncc(N)cc2C)ccc1F. The number of anilines is 2. The van der Waals surface area contributed by atoms with Gasteiger partial charge in [-0.05, 0) is 49.1 Å². The number of rotatable bonds is 4. The smallest absolute Gasteiger partial charge is 0.129 e. The zero-order valence-electron chi connectivity index (χ0n) is 11.2. The van der Waals surface area contributed by atoms with Crippen molar-refractivity contribution in [3.8, 4) is 0 Å². The van der Waals surface area contributed by atoms with Gasteiger partial charge in [0, 0.05) is 6.54 Å². The maximum absolute atomic E-state index is 13.1. The van der Waals surface area contributed by atoms with Crippen molar-refractivity contribution in [1.82, 2.24) is 4.98 Å². The van der Waals surface area contributed by atoms with Gasteiger partial charge in [0.15, 0.2) is 0 Å². The van der Waals surface area contributed by atoms with Gasteiger partial charge in [0.25, 0.3) is 0 Å². The van der Waals surface area contributed by atoms with Crippen LogP contribution < -0.4 is 11.1 Å². The van der Waals surface area contributed by atoms with E-state index < -0.39 is 0 Å². The summed E-state index contributed by atoms with van der Waals surface area (Å²) in [6.45, 7) is 4.49. The minimum atomic E-state index is -0.159. The quantitative estimate of drug-likeness (QED) is 0.887. The lowest BCUT2D eigenvalue weighted by Crippen LogP contribution is -2.08. The molecule has 1 aromatic heterocycles. The highest BCUT2D eigenvalue weighted by atomic mass is 19.1. The molecule has 1 heterocycles. The highest BCUT2D eigenvalue weighted by Crippen LogP contribution is 2.14. The number of hydrogen-bond acceptors (Lipinski definition) is 3. The second-order valence-electron chi connectivity index (χ2n) is 4.69. The number of pyridine rings is 1. The second-order valence-corrected chi connectivity index (χ2v) is 4.69. The van der Waals surface area contributed by atoms with Crippen LogP contribution in [0.2, 0.25) is 0 Å². The first-order valence-electron chi connectivity index (χ1n) is 6.27. The molecule has 2 rings (SSSR count). The summed E-state index contributed by atoms with van der Waals surface area (Å²) in [7, 11) is 0. The number of nitrogens with two attached hydrogens (primary N) is 1. The minimum Gasteiger partial charge on any atom is -0.397 e. The Bertz CT molecular complexity index is 582. The first-order valence-corrected chi connectivity index (χ1v) is 6.27. The standard InChI is InChI=1S/C15H18FN3/c1-10-7-12(3-4-14(10)16)5-6-18-15-11(2)8-13(17)9-19-15/h3-4,7-9H,5-6,17H2,1-2H3,(H,18,19). The molecule has 100 valence electrons. The molecular weight excluding hydrogens is 241 g/mol. The molecule has 0 bridgehead atoms. The van der Waals surface area contributed by atoms with E-state index >= 15 is 0 Å². The Balaban J connectivity index is 1.94. The van der Waals surface area contributed by atoms with Gasteiger partial charge in [-0.1, -0.05) is 12.1 Å². The lowest BCUT2D eigenvalue weighted by molar-refractivity contribution is 0.617. The van der Waals surface area contributed by atoms with Gasteiger partial charge in [-0.15, -0.1) is 0 Å². The molecule has 0 unspecified atom stereocenters. The third-order valence-electron chi connectivity index (χ3n) is 3.03. The molecule has 0 aliphatic rings. The molecule has 0 aliphatic heterocycles. The summed E-state index contributed by atoms with van der Waals surface area (Å²) in [6, 6.07) is 7.09. The molecule has 3 N–H and O–H groups in total. The van der Waals surface area contributed by atoms with Crippen molar-refractivity contribution in [3.05, 3.63) is 53.0 Å². The van der Waals surface area contributed by atoms with Crippen molar-refractivity contribution in [2.75, 3.05) is 17.6 Å². The van der Waals surface area contributed by atoms with Crippen molar-refractivity contribution >= 4 is 11.5 Å². The van der Waals surface area contributed by atoms with Gasteiger partial charge in [-0.2, -0.15) is 0 Å². The molecule has 4 heteroatoms. The van der Waals surface area contributed by atoms with Gasteiger partial charge < -0.3 is 11.1 Å². The summed E-state index contributed by atoms with van der Waals surface area (Å²) in [5, 5.41) is 3.26. The van der Waals surface area contributed by atoms with Crippen LogP contribution in [-0.2, 0) is 6.42 Å². The molecule has 0 saturated carbocycles. The highest BCUT2D eigenvalue weighted by Gasteiger charge is 2.01. The molecule has 0 radical (unpaired) electrons. The monoisotopic (exact) mass is 259 g/mol. The van der Waals surface area contributed by atoms with Crippen molar-refractivity contribution in [3.63, 3.8) is 0 Å². The fraction of sp³-hybridized carbons (Fsp3) is 0.267. The first kappa shape index (κ1) is 13.3. The van der Waals surface area contributed by atoms with Crippen LogP contribution >= 0.6 is 0 Å². The van der Waals surface area contributed by atoms with Crippen LogP contribution in [-0.4, -0.2) is 11.5 Å². The van der Waals surface area contributed by atoms with Crippen LogP contribution in [0.25, 0.3) is 0 Å². The van der Waals surface area contributed by atoms with E-state index in [1.165, 1.54) is 6.07 Å². The number of aromatic nitrogens is 1. The number of aryl methyl sites for hydroxylation is 2. The fourth-order valence-electron chi connectivity index (χ4n) is 1.97. The Morgan fingerprint density at radius 1 is 1.21 bits per heavy atom. The molecule has 0 atom stereocenters. The van der Waals surface area contributed by atoms with Crippen LogP contribution in [0.3, 0.4) is 0 Å².